The van der Waals surface area contributed by atoms with Crippen LogP contribution >= 0.6 is 0 Å². The fourth-order valence-corrected chi connectivity index (χ4v) is 6.11. The van der Waals surface area contributed by atoms with Crippen LogP contribution in [0.4, 0.5) is 0 Å². The van der Waals surface area contributed by atoms with E-state index in [1.807, 2.05) is 60.7 Å². The first-order valence-corrected chi connectivity index (χ1v) is 13.7. The van der Waals surface area contributed by atoms with Crippen molar-refractivity contribution in [1.29, 1.82) is 0 Å². The molecule has 5 aromatic rings. The maximum absolute atomic E-state index is 13.8. The smallest absolute Gasteiger partial charge is 0.213 e. The maximum atomic E-state index is 13.8. The van der Waals surface area contributed by atoms with E-state index in [4.69, 9.17) is 9.47 Å². The van der Waals surface area contributed by atoms with Gasteiger partial charge in [-0.05, 0) is 64.2 Å². The summed E-state index contributed by atoms with van der Waals surface area (Å²) in [7, 11) is -3.94. The molecule has 0 spiro atoms. The number of hydrogen-bond acceptors (Lipinski definition) is 5. The van der Waals surface area contributed by atoms with Crippen LogP contribution in [-0.4, -0.2) is 13.5 Å². The fourth-order valence-electron chi connectivity index (χ4n) is 4.59. The number of sulfone groups is 1. The van der Waals surface area contributed by atoms with Crippen molar-refractivity contribution >= 4 is 9.84 Å². The molecule has 7 rings (SSSR count). The molecule has 0 aromatic heterocycles. The molecule has 6 heteroatoms. The van der Waals surface area contributed by atoms with Gasteiger partial charge in [0.25, 0.3) is 0 Å². The van der Waals surface area contributed by atoms with Crippen molar-refractivity contribution in [2.24, 2.45) is 0 Å². The summed E-state index contributed by atoms with van der Waals surface area (Å²) in [5, 5.41) is 9.61. The SMILES string of the molecule is O=S1(=O)c2ccccc2OCc2ccc(cc2)C(c2ccc(-c3ccc(O)cc3)cc2)Oc2ccccc21. The summed E-state index contributed by atoms with van der Waals surface area (Å²) in [6, 6.07) is 36.3. The highest BCUT2D eigenvalue weighted by Gasteiger charge is 2.28. The Morgan fingerprint density at radius 3 is 1.74 bits per heavy atom. The molecular weight excluding hydrogens is 496 g/mol. The number of aromatic hydroxyl groups is 1. The third-order valence-electron chi connectivity index (χ3n) is 6.61. The number of rotatable bonds is 2. The summed E-state index contributed by atoms with van der Waals surface area (Å²) in [5.74, 6) is 0.776. The number of phenolic OH excluding ortho intramolecular Hbond substituents is 1. The van der Waals surface area contributed by atoms with Crippen LogP contribution in [0.3, 0.4) is 0 Å². The first kappa shape index (κ1) is 23.8. The van der Waals surface area contributed by atoms with Crippen molar-refractivity contribution < 1.29 is 23.0 Å². The largest absolute Gasteiger partial charge is 0.508 e. The molecule has 5 nitrogen and oxygen atoms in total. The Labute approximate surface area is 221 Å². The zero-order valence-corrected chi connectivity index (χ0v) is 21.1. The molecule has 0 amide bonds. The van der Waals surface area contributed by atoms with Gasteiger partial charge in [0.2, 0.25) is 9.84 Å². The van der Waals surface area contributed by atoms with E-state index < -0.39 is 15.9 Å². The van der Waals surface area contributed by atoms with Gasteiger partial charge in [0.1, 0.15) is 39.8 Å². The predicted molar refractivity (Wildman–Crippen MR) is 145 cm³/mol. The molecule has 1 unspecified atom stereocenters. The molecule has 1 atom stereocenters. The average molecular weight is 521 g/mol. The standard InChI is InChI=1S/C32H24O5S/c33-27-19-17-24(18-20-27)23-13-15-26(16-14-23)32-25-11-9-22(10-12-25)21-36-28-5-1-3-7-30(28)38(34,35)31-8-4-2-6-29(31)37-32/h1-20,32-33H,21H2. The summed E-state index contributed by atoms with van der Waals surface area (Å²) in [6.07, 6.45) is -0.550. The second kappa shape index (κ2) is 9.72. The van der Waals surface area contributed by atoms with E-state index in [0.717, 1.165) is 27.8 Å². The highest BCUT2D eigenvalue weighted by atomic mass is 32.2. The predicted octanol–water partition coefficient (Wildman–Crippen LogP) is 6.95. The Morgan fingerprint density at radius 2 is 1.11 bits per heavy atom. The highest BCUT2D eigenvalue weighted by Crippen LogP contribution is 2.38. The number of hydrogen-bond donors (Lipinski definition) is 1. The molecule has 0 aliphatic carbocycles. The van der Waals surface area contributed by atoms with Gasteiger partial charge in [-0.2, -0.15) is 0 Å². The highest BCUT2D eigenvalue weighted by molar-refractivity contribution is 7.91. The maximum Gasteiger partial charge on any atom is 0.213 e. The second-order valence-electron chi connectivity index (χ2n) is 9.09. The topological polar surface area (TPSA) is 72.8 Å². The van der Waals surface area contributed by atoms with E-state index in [0.29, 0.717) is 5.75 Å². The molecule has 38 heavy (non-hydrogen) atoms. The fraction of sp³-hybridized carbons (Fsp3) is 0.0625. The van der Waals surface area contributed by atoms with E-state index in [9.17, 15) is 13.5 Å². The van der Waals surface area contributed by atoms with Crippen molar-refractivity contribution in [3.05, 3.63) is 138 Å². The molecular formula is C32H24O5S. The summed E-state index contributed by atoms with van der Waals surface area (Å²) in [4.78, 5) is 0.178. The lowest BCUT2D eigenvalue weighted by Gasteiger charge is -2.22. The van der Waals surface area contributed by atoms with Crippen LogP contribution in [0, 0.1) is 0 Å². The Bertz CT molecular complexity index is 1690. The van der Waals surface area contributed by atoms with E-state index >= 15 is 0 Å². The van der Waals surface area contributed by atoms with E-state index in [2.05, 4.69) is 0 Å². The van der Waals surface area contributed by atoms with Crippen LogP contribution in [0.1, 0.15) is 22.8 Å². The Morgan fingerprint density at radius 1 is 0.605 bits per heavy atom. The summed E-state index contributed by atoms with van der Waals surface area (Å²) in [5.41, 5.74) is 4.64. The van der Waals surface area contributed by atoms with Gasteiger partial charge in [0.05, 0.1) is 0 Å². The first-order valence-electron chi connectivity index (χ1n) is 12.2. The molecule has 0 saturated carbocycles. The number of para-hydroxylation sites is 2. The van der Waals surface area contributed by atoms with Gasteiger partial charge >= 0.3 is 0 Å². The van der Waals surface area contributed by atoms with Gasteiger partial charge in [-0.1, -0.05) is 84.9 Å². The Kier molecular flexibility index (Phi) is 6.10. The molecule has 2 aliphatic rings. The van der Waals surface area contributed by atoms with Crippen molar-refractivity contribution in [2.75, 3.05) is 0 Å². The molecule has 5 aromatic carbocycles. The summed E-state index contributed by atoms with van der Waals surface area (Å²) in [6.45, 7) is 0.237. The molecule has 2 aliphatic heterocycles. The zero-order chi connectivity index (χ0) is 26.1. The van der Waals surface area contributed by atoms with Crippen molar-refractivity contribution in [2.45, 2.75) is 22.5 Å². The third-order valence-corrected chi connectivity index (χ3v) is 8.45. The van der Waals surface area contributed by atoms with Crippen molar-refractivity contribution in [3.8, 4) is 28.4 Å². The van der Waals surface area contributed by atoms with Crippen LogP contribution in [0.25, 0.3) is 11.1 Å². The van der Waals surface area contributed by atoms with Crippen LogP contribution < -0.4 is 9.47 Å². The Hall–Kier alpha value is -4.55. The third kappa shape index (κ3) is 4.51. The normalized spacial score (nSPS) is 15.9. The molecule has 188 valence electrons. The molecule has 0 fully saturated rings. The van der Waals surface area contributed by atoms with Gasteiger partial charge in [0, 0.05) is 0 Å². The van der Waals surface area contributed by atoms with Crippen LogP contribution in [-0.2, 0) is 16.4 Å². The van der Waals surface area contributed by atoms with Gasteiger partial charge in [-0.25, -0.2) is 8.42 Å². The minimum Gasteiger partial charge on any atom is -0.508 e. The quantitative estimate of drug-likeness (QED) is 0.273. The van der Waals surface area contributed by atoms with Gasteiger partial charge < -0.3 is 14.6 Å². The monoisotopic (exact) mass is 520 g/mol. The zero-order valence-electron chi connectivity index (χ0n) is 20.3. The van der Waals surface area contributed by atoms with Crippen LogP contribution in [0.2, 0.25) is 0 Å². The molecule has 0 radical (unpaired) electrons. The number of fused-ring (bicyclic) bond motifs is 4. The summed E-state index contributed by atoms with van der Waals surface area (Å²) >= 11 is 0. The minimum absolute atomic E-state index is 0.0803. The minimum atomic E-state index is -3.94. The molecule has 0 saturated heterocycles. The van der Waals surface area contributed by atoms with Crippen LogP contribution in [0.5, 0.6) is 17.2 Å². The van der Waals surface area contributed by atoms with Crippen molar-refractivity contribution in [1.82, 2.24) is 0 Å². The second-order valence-corrected chi connectivity index (χ2v) is 11.0. The number of ether oxygens (including phenoxy) is 2. The van der Waals surface area contributed by atoms with Gasteiger partial charge in [-0.3, -0.25) is 0 Å². The lowest BCUT2D eigenvalue weighted by atomic mass is 9.97. The van der Waals surface area contributed by atoms with Gasteiger partial charge in [0.15, 0.2) is 0 Å². The van der Waals surface area contributed by atoms with Gasteiger partial charge in [-0.15, -0.1) is 0 Å². The first-order chi connectivity index (χ1) is 18.5. The summed E-state index contributed by atoms with van der Waals surface area (Å²) < 4.78 is 40.2. The molecule has 2 bridgehead atoms. The Balaban J connectivity index is 1.47. The van der Waals surface area contributed by atoms with Crippen molar-refractivity contribution in [3.63, 3.8) is 0 Å². The average Bonchev–Trinajstić information content (AvgIpc) is 2.97. The molecule has 2 heterocycles. The van der Waals surface area contributed by atoms with E-state index in [1.54, 1.807) is 60.7 Å². The number of benzene rings is 5. The van der Waals surface area contributed by atoms with E-state index in [1.165, 1.54) is 0 Å². The number of phenols is 1. The lowest BCUT2D eigenvalue weighted by Crippen LogP contribution is -2.12. The van der Waals surface area contributed by atoms with Crippen LogP contribution in [0.15, 0.2) is 131 Å². The van der Waals surface area contributed by atoms with E-state index in [-0.39, 0.29) is 27.9 Å². The lowest BCUT2D eigenvalue weighted by molar-refractivity contribution is 0.240. The molecule has 1 N–H and O–H groups in total.